The number of hydrogen-bond donors (Lipinski definition) is 0. The molecule has 0 saturated heterocycles. The molecule has 0 saturated carbocycles. The first-order valence-electron chi connectivity index (χ1n) is 2.98. The highest BCUT2D eigenvalue weighted by Gasteiger charge is 1.92. The first-order chi connectivity index (χ1) is 4.34. The Labute approximate surface area is 54.2 Å². The molecule has 1 aromatic rings. The summed E-state index contributed by atoms with van der Waals surface area (Å²) in [5, 5.41) is 0. The van der Waals surface area contributed by atoms with Gasteiger partial charge in [-0.1, -0.05) is 0 Å². The van der Waals surface area contributed by atoms with Gasteiger partial charge in [0.15, 0.2) is 0 Å². The molecule has 50 valence electrons. The third kappa shape index (κ3) is 1.22. The quantitative estimate of drug-likeness (QED) is 0.581. The SMILES string of the molecule is CCOn1ccnc1C. The molecule has 3 nitrogen and oxygen atoms in total. The number of aromatic nitrogens is 2. The molecule has 1 heterocycles. The van der Waals surface area contributed by atoms with Gasteiger partial charge >= 0.3 is 0 Å². The summed E-state index contributed by atoms with van der Waals surface area (Å²) in [5.41, 5.74) is 0. The molecular formula is C6H10N2O. The first kappa shape index (κ1) is 6.13. The minimum absolute atomic E-state index is 0.678. The molecule has 3 heteroatoms. The van der Waals surface area contributed by atoms with Crippen LogP contribution in [0.1, 0.15) is 12.7 Å². The fraction of sp³-hybridized carbons (Fsp3) is 0.500. The summed E-state index contributed by atoms with van der Waals surface area (Å²) >= 11 is 0. The van der Waals surface area contributed by atoms with Gasteiger partial charge < -0.3 is 4.84 Å². The third-order valence-corrected chi connectivity index (χ3v) is 1.05. The van der Waals surface area contributed by atoms with Gasteiger partial charge in [0.05, 0.1) is 6.20 Å². The second kappa shape index (κ2) is 2.53. The van der Waals surface area contributed by atoms with E-state index >= 15 is 0 Å². The van der Waals surface area contributed by atoms with E-state index in [0.29, 0.717) is 6.61 Å². The van der Waals surface area contributed by atoms with Gasteiger partial charge in [0.1, 0.15) is 12.4 Å². The van der Waals surface area contributed by atoms with Crippen LogP contribution in [-0.2, 0) is 0 Å². The van der Waals surface area contributed by atoms with E-state index in [4.69, 9.17) is 4.84 Å². The fourth-order valence-corrected chi connectivity index (χ4v) is 0.642. The zero-order chi connectivity index (χ0) is 6.69. The molecule has 0 unspecified atom stereocenters. The summed E-state index contributed by atoms with van der Waals surface area (Å²) in [5.74, 6) is 0.886. The second-order valence-electron chi connectivity index (χ2n) is 1.72. The van der Waals surface area contributed by atoms with E-state index in [1.54, 1.807) is 17.1 Å². The second-order valence-corrected chi connectivity index (χ2v) is 1.72. The average molecular weight is 126 g/mol. The van der Waals surface area contributed by atoms with Crippen LogP contribution in [0.15, 0.2) is 12.4 Å². The molecule has 9 heavy (non-hydrogen) atoms. The van der Waals surface area contributed by atoms with Gasteiger partial charge in [0.2, 0.25) is 0 Å². The Morgan fingerprint density at radius 1 is 1.78 bits per heavy atom. The number of imidazole rings is 1. The molecule has 0 spiro atoms. The van der Waals surface area contributed by atoms with Crippen LogP contribution in [0.25, 0.3) is 0 Å². The highest BCUT2D eigenvalue weighted by molar-refractivity contribution is 4.84. The Balaban J connectivity index is 2.69. The largest absolute Gasteiger partial charge is 0.413 e. The first-order valence-corrected chi connectivity index (χ1v) is 2.98. The van der Waals surface area contributed by atoms with Crippen molar-refractivity contribution in [3.05, 3.63) is 18.2 Å². The molecule has 0 amide bonds. The highest BCUT2D eigenvalue weighted by atomic mass is 16.7. The van der Waals surface area contributed by atoms with Crippen LogP contribution in [-0.4, -0.2) is 16.3 Å². The molecule has 0 radical (unpaired) electrons. The van der Waals surface area contributed by atoms with Crippen molar-refractivity contribution in [3.63, 3.8) is 0 Å². The normalized spacial score (nSPS) is 9.56. The third-order valence-electron chi connectivity index (χ3n) is 1.05. The number of nitrogens with zero attached hydrogens (tertiary/aromatic N) is 2. The van der Waals surface area contributed by atoms with Crippen LogP contribution in [0.5, 0.6) is 0 Å². The van der Waals surface area contributed by atoms with Gasteiger partial charge in [-0.3, -0.25) is 0 Å². The standard InChI is InChI=1S/C6H10N2O/c1-3-9-8-5-4-7-6(8)2/h4-5H,3H2,1-2H3. The molecule has 0 bridgehead atoms. The van der Waals surface area contributed by atoms with Crippen molar-refractivity contribution in [2.45, 2.75) is 13.8 Å². The minimum Gasteiger partial charge on any atom is -0.413 e. The molecule has 1 aromatic heterocycles. The zero-order valence-electron chi connectivity index (χ0n) is 5.66. The smallest absolute Gasteiger partial charge is 0.141 e. The molecular weight excluding hydrogens is 116 g/mol. The molecule has 0 aliphatic rings. The van der Waals surface area contributed by atoms with E-state index < -0.39 is 0 Å². The van der Waals surface area contributed by atoms with Gasteiger partial charge in [-0.25, -0.2) is 4.98 Å². The van der Waals surface area contributed by atoms with Crippen molar-refractivity contribution in [1.82, 2.24) is 9.71 Å². The number of aryl methyl sites for hydroxylation is 1. The highest BCUT2D eigenvalue weighted by Crippen LogP contribution is 1.89. The summed E-state index contributed by atoms with van der Waals surface area (Å²) in [4.78, 5) is 9.10. The van der Waals surface area contributed by atoms with Crippen LogP contribution in [0.3, 0.4) is 0 Å². The van der Waals surface area contributed by atoms with Crippen molar-refractivity contribution in [2.24, 2.45) is 0 Å². The Hall–Kier alpha value is -0.990. The lowest BCUT2D eigenvalue weighted by Gasteiger charge is -2.02. The molecule has 1 rings (SSSR count). The van der Waals surface area contributed by atoms with Gasteiger partial charge in [-0.2, -0.15) is 4.73 Å². The molecule has 0 atom stereocenters. The molecule has 0 aliphatic carbocycles. The van der Waals surface area contributed by atoms with Crippen molar-refractivity contribution >= 4 is 0 Å². The number of hydrogen-bond acceptors (Lipinski definition) is 2. The molecule has 0 N–H and O–H groups in total. The summed E-state index contributed by atoms with van der Waals surface area (Å²) in [6.45, 7) is 4.52. The maximum atomic E-state index is 5.13. The lowest BCUT2D eigenvalue weighted by molar-refractivity contribution is 0.116. The lowest BCUT2D eigenvalue weighted by Crippen LogP contribution is -2.10. The van der Waals surface area contributed by atoms with Crippen LogP contribution < -0.4 is 4.84 Å². The van der Waals surface area contributed by atoms with Gasteiger partial charge in [0.25, 0.3) is 0 Å². The van der Waals surface area contributed by atoms with E-state index in [9.17, 15) is 0 Å². The van der Waals surface area contributed by atoms with Crippen LogP contribution in [0.2, 0.25) is 0 Å². The van der Waals surface area contributed by atoms with Crippen LogP contribution in [0.4, 0.5) is 0 Å². The molecule has 0 aromatic carbocycles. The van der Waals surface area contributed by atoms with Gasteiger partial charge in [0, 0.05) is 6.20 Å². The average Bonchev–Trinajstić information content (AvgIpc) is 2.18. The predicted octanol–water partition coefficient (Wildman–Crippen LogP) is 0.640. The van der Waals surface area contributed by atoms with Crippen LogP contribution >= 0.6 is 0 Å². The van der Waals surface area contributed by atoms with Crippen molar-refractivity contribution in [2.75, 3.05) is 6.61 Å². The molecule has 0 aliphatic heterocycles. The topological polar surface area (TPSA) is 27.1 Å². The maximum absolute atomic E-state index is 5.13. The summed E-state index contributed by atoms with van der Waals surface area (Å²) in [6.07, 6.45) is 3.50. The van der Waals surface area contributed by atoms with Crippen molar-refractivity contribution in [3.8, 4) is 0 Å². The summed E-state index contributed by atoms with van der Waals surface area (Å²) < 4.78 is 1.65. The zero-order valence-corrected chi connectivity index (χ0v) is 5.66. The molecule has 0 fully saturated rings. The van der Waals surface area contributed by atoms with E-state index in [2.05, 4.69) is 4.98 Å². The van der Waals surface area contributed by atoms with E-state index in [1.165, 1.54) is 0 Å². The van der Waals surface area contributed by atoms with E-state index in [0.717, 1.165) is 5.82 Å². The van der Waals surface area contributed by atoms with Crippen molar-refractivity contribution < 1.29 is 4.84 Å². The van der Waals surface area contributed by atoms with E-state index in [-0.39, 0.29) is 0 Å². The monoisotopic (exact) mass is 126 g/mol. The van der Waals surface area contributed by atoms with Gasteiger partial charge in [-0.15, -0.1) is 0 Å². The summed E-state index contributed by atoms with van der Waals surface area (Å²) in [7, 11) is 0. The maximum Gasteiger partial charge on any atom is 0.141 e. The fourth-order valence-electron chi connectivity index (χ4n) is 0.642. The van der Waals surface area contributed by atoms with Gasteiger partial charge in [-0.05, 0) is 13.8 Å². The lowest BCUT2D eigenvalue weighted by atomic mass is 10.7. The Morgan fingerprint density at radius 2 is 2.56 bits per heavy atom. The summed E-state index contributed by atoms with van der Waals surface area (Å²) in [6, 6.07) is 0. The van der Waals surface area contributed by atoms with Crippen LogP contribution in [0, 0.1) is 6.92 Å². The predicted molar refractivity (Wildman–Crippen MR) is 34.1 cm³/mol. The number of rotatable bonds is 2. The Kier molecular flexibility index (Phi) is 1.72. The van der Waals surface area contributed by atoms with Crippen molar-refractivity contribution in [1.29, 1.82) is 0 Å². The minimum atomic E-state index is 0.678. The Bertz CT molecular complexity index is 183. The Morgan fingerprint density at radius 3 is 3.00 bits per heavy atom. The van der Waals surface area contributed by atoms with E-state index in [1.807, 2.05) is 13.8 Å².